The number of benzene rings is 2. The summed E-state index contributed by atoms with van der Waals surface area (Å²) in [6.07, 6.45) is 0. The minimum absolute atomic E-state index is 0.213. The molecule has 144 valence electrons. The molecule has 0 fully saturated rings. The van der Waals surface area contributed by atoms with E-state index >= 15 is 0 Å². The van der Waals surface area contributed by atoms with Crippen molar-refractivity contribution < 1.29 is 4.79 Å². The van der Waals surface area contributed by atoms with Gasteiger partial charge in [-0.15, -0.1) is 10.2 Å². The van der Waals surface area contributed by atoms with Crippen LogP contribution in [0.15, 0.2) is 72.8 Å². The van der Waals surface area contributed by atoms with E-state index in [2.05, 4.69) is 32.5 Å². The summed E-state index contributed by atoms with van der Waals surface area (Å²) in [7, 11) is 3.93. The number of para-hydroxylation sites is 1. The number of amides is 1. The zero-order valence-corrected chi connectivity index (χ0v) is 16.2. The van der Waals surface area contributed by atoms with Crippen molar-refractivity contribution in [3.8, 4) is 0 Å². The zero-order valence-electron chi connectivity index (χ0n) is 16.2. The van der Waals surface area contributed by atoms with E-state index < -0.39 is 0 Å². The summed E-state index contributed by atoms with van der Waals surface area (Å²) in [6, 6.07) is 23.8. The van der Waals surface area contributed by atoms with Crippen molar-refractivity contribution >= 4 is 17.4 Å². The van der Waals surface area contributed by atoms with E-state index in [1.54, 1.807) is 6.07 Å². The summed E-state index contributed by atoms with van der Waals surface area (Å²) in [5, 5.41) is 11.3. The number of anilines is 2. The summed E-state index contributed by atoms with van der Waals surface area (Å²) < 4.78 is 0. The second-order valence-electron chi connectivity index (χ2n) is 6.74. The van der Waals surface area contributed by atoms with Gasteiger partial charge in [-0.3, -0.25) is 4.79 Å². The Morgan fingerprint density at radius 3 is 2.18 bits per heavy atom. The predicted octanol–water partition coefficient (Wildman–Crippen LogP) is 3.11. The van der Waals surface area contributed by atoms with Gasteiger partial charge in [0.1, 0.15) is 0 Å². The molecule has 0 aliphatic heterocycles. The van der Waals surface area contributed by atoms with Gasteiger partial charge < -0.3 is 15.1 Å². The molecule has 1 heterocycles. The van der Waals surface area contributed by atoms with Crippen molar-refractivity contribution in [2.45, 2.75) is 6.54 Å². The summed E-state index contributed by atoms with van der Waals surface area (Å²) >= 11 is 0. The van der Waals surface area contributed by atoms with Gasteiger partial charge in [-0.05, 0) is 43.9 Å². The molecule has 1 aromatic heterocycles. The van der Waals surface area contributed by atoms with Gasteiger partial charge in [-0.1, -0.05) is 48.5 Å². The number of nitrogens with zero attached hydrogens (tertiary/aromatic N) is 4. The highest BCUT2D eigenvalue weighted by Crippen LogP contribution is 2.25. The summed E-state index contributed by atoms with van der Waals surface area (Å²) in [5.41, 5.74) is 2.50. The van der Waals surface area contributed by atoms with Gasteiger partial charge in [0.25, 0.3) is 5.91 Å². The predicted molar refractivity (Wildman–Crippen MR) is 112 cm³/mol. The Kier molecular flexibility index (Phi) is 6.70. The van der Waals surface area contributed by atoms with Crippen LogP contribution in [0.3, 0.4) is 0 Å². The minimum Gasteiger partial charge on any atom is -0.349 e. The Labute approximate surface area is 165 Å². The molecular formula is C22H25N5O. The zero-order chi connectivity index (χ0) is 19.8. The van der Waals surface area contributed by atoms with Crippen LogP contribution in [0.5, 0.6) is 0 Å². The molecule has 0 saturated carbocycles. The molecule has 0 radical (unpaired) electrons. The maximum Gasteiger partial charge on any atom is 0.271 e. The molecule has 1 N–H and O–H groups in total. The fraction of sp³-hybridized carbons (Fsp3) is 0.227. The van der Waals surface area contributed by atoms with Crippen LogP contribution in [0.1, 0.15) is 16.1 Å². The van der Waals surface area contributed by atoms with Crippen molar-refractivity contribution in [1.82, 2.24) is 20.4 Å². The van der Waals surface area contributed by atoms with Crippen LogP contribution in [-0.2, 0) is 6.54 Å². The Bertz CT molecular complexity index is 866. The molecule has 0 saturated heterocycles. The third kappa shape index (κ3) is 5.37. The van der Waals surface area contributed by atoms with Gasteiger partial charge in [0, 0.05) is 25.3 Å². The number of carbonyl (C=O) groups is 1. The van der Waals surface area contributed by atoms with Gasteiger partial charge in [0.2, 0.25) is 0 Å². The number of rotatable bonds is 8. The number of carbonyl (C=O) groups excluding carboxylic acids is 1. The third-order valence-electron chi connectivity index (χ3n) is 4.26. The molecular weight excluding hydrogens is 350 g/mol. The van der Waals surface area contributed by atoms with E-state index in [1.165, 1.54) is 5.56 Å². The van der Waals surface area contributed by atoms with Crippen molar-refractivity contribution in [3.63, 3.8) is 0 Å². The first kappa shape index (κ1) is 19.5. The molecule has 3 rings (SSSR count). The molecule has 0 bridgehead atoms. The highest BCUT2D eigenvalue weighted by atomic mass is 16.1. The maximum atomic E-state index is 12.2. The fourth-order valence-electron chi connectivity index (χ4n) is 2.75. The Morgan fingerprint density at radius 1 is 0.893 bits per heavy atom. The van der Waals surface area contributed by atoms with Gasteiger partial charge in [0.15, 0.2) is 11.5 Å². The molecule has 6 heteroatoms. The number of hydrogen-bond donors (Lipinski definition) is 1. The van der Waals surface area contributed by atoms with Crippen LogP contribution in [0, 0.1) is 0 Å². The molecule has 0 aliphatic rings. The summed E-state index contributed by atoms with van der Waals surface area (Å²) in [6.45, 7) is 2.00. The Balaban J connectivity index is 1.78. The van der Waals surface area contributed by atoms with E-state index in [0.717, 1.165) is 12.2 Å². The molecule has 6 nitrogen and oxygen atoms in total. The van der Waals surface area contributed by atoms with Gasteiger partial charge in [-0.25, -0.2) is 0 Å². The van der Waals surface area contributed by atoms with Crippen molar-refractivity contribution in [3.05, 3.63) is 84.1 Å². The van der Waals surface area contributed by atoms with Crippen molar-refractivity contribution in [2.75, 3.05) is 32.1 Å². The molecule has 28 heavy (non-hydrogen) atoms. The highest BCUT2D eigenvalue weighted by Gasteiger charge is 2.14. The lowest BCUT2D eigenvalue weighted by Gasteiger charge is -2.23. The number of nitrogens with one attached hydrogen (secondary N) is 1. The van der Waals surface area contributed by atoms with E-state index in [1.807, 2.05) is 73.6 Å². The fourth-order valence-corrected chi connectivity index (χ4v) is 2.75. The maximum absolute atomic E-state index is 12.2. The van der Waals surface area contributed by atoms with Crippen LogP contribution in [0.2, 0.25) is 0 Å². The molecule has 2 aromatic carbocycles. The summed E-state index contributed by atoms with van der Waals surface area (Å²) in [5.74, 6) is 0.482. The first-order chi connectivity index (χ1) is 13.6. The Hall–Kier alpha value is -3.25. The number of aromatic nitrogens is 2. The number of hydrogen-bond acceptors (Lipinski definition) is 5. The summed E-state index contributed by atoms with van der Waals surface area (Å²) in [4.78, 5) is 16.3. The van der Waals surface area contributed by atoms with Crippen molar-refractivity contribution in [1.29, 1.82) is 0 Å². The lowest BCUT2D eigenvalue weighted by molar-refractivity contribution is 0.0945. The molecule has 3 aromatic rings. The quantitative estimate of drug-likeness (QED) is 0.656. The van der Waals surface area contributed by atoms with E-state index in [-0.39, 0.29) is 5.91 Å². The third-order valence-corrected chi connectivity index (χ3v) is 4.26. The second kappa shape index (κ2) is 9.62. The average Bonchev–Trinajstić information content (AvgIpc) is 2.73. The van der Waals surface area contributed by atoms with Gasteiger partial charge in [-0.2, -0.15) is 0 Å². The van der Waals surface area contributed by atoms with Crippen LogP contribution < -0.4 is 10.2 Å². The largest absolute Gasteiger partial charge is 0.349 e. The standard InChI is InChI=1S/C22H25N5O/c1-26(2)16-15-23-22(28)20-13-14-21(25-24-20)27(19-11-7-4-8-12-19)17-18-9-5-3-6-10-18/h3-14H,15-17H2,1-2H3,(H,23,28). The monoisotopic (exact) mass is 375 g/mol. The van der Waals surface area contributed by atoms with Crippen LogP contribution in [-0.4, -0.2) is 48.2 Å². The Morgan fingerprint density at radius 2 is 1.57 bits per heavy atom. The lowest BCUT2D eigenvalue weighted by atomic mass is 10.2. The SMILES string of the molecule is CN(C)CCNC(=O)c1ccc(N(Cc2ccccc2)c2ccccc2)nn1. The van der Waals surface area contributed by atoms with Gasteiger partial charge >= 0.3 is 0 Å². The minimum atomic E-state index is -0.213. The van der Waals surface area contributed by atoms with Crippen molar-refractivity contribution in [2.24, 2.45) is 0 Å². The van der Waals surface area contributed by atoms with E-state index in [0.29, 0.717) is 24.6 Å². The first-order valence-electron chi connectivity index (χ1n) is 9.26. The number of likely N-dealkylation sites (N-methyl/N-ethyl adjacent to an activating group) is 1. The van der Waals surface area contributed by atoms with Gasteiger partial charge in [0.05, 0.1) is 0 Å². The average molecular weight is 375 g/mol. The molecule has 0 atom stereocenters. The normalized spacial score (nSPS) is 10.7. The topological polar surface area (TPSA) is 61.4 Å². The van der Waals surface area contributed by atoms with Crippen LogP contribution in [0.4, 0.5) is 11.5 Å². The first-order valence-corrected chi connectivity index (χ1v) is 9.26. The lowest BCUT2D eigenvalue weighted by Crippen LogP contribution is -2.32. The molecule has 0 spiro atoms. The molecule has 0 aliphatic carbocycles. The molecule has 0 unspecified atom stereocenters. The smallest absolute Gasteiger partial charge is 0.271 e. The van der Waals surface area contributed by atoms with Crippen LogP contribution >= 0.6 is 0 Å². The molecule has 1 amide bonds. The second-order valence-corrected chi connectivity index (χ2v) is 6.74. The van der Waals surface area contributed by atoms with E-state index in [4.69, 9.17) is 0 Å². The highest BCUT2D eigenvalue weighted by molar-refractivity contribution is 5.92. The van der Waals surface area contributed by atoms with Crippen LogP contribution in [0.25, 0.3) is 0 Å². The van der Waals surface area contributed by atoms with E-state index in [9.17, 15) is 4.79 Å².